The van der Waals surface area contributed by atoms with Crippen molar-refractivity contribution in [2.24, 2.45) is 5.73 Å². The Bertz CT molecular complexity index is 485. The van der Waals surface area contributed by atoms with Gasteiger partial charge in [0.25, 0.3) is 0 Å². The van der Waals surface area contributed by atoms with Gasteiger partial charge in [-0.05, 0) is 18.9 Å². The zero-order valence-corrected chi connectivity index (χ0v) is 12.1. The van der Waals surface area contributed by atoms with Gasteiger partial charge in [0.2, 0.25) is 0 Å². The number of nitrogens with zero attached hydrogens (tertiary/aromatic N) is 1. The van der Waals surface area contributed by atoms with E-state index in [1.807, 2.05) is 0 Å². The lowest BCUT2D eigenvalue weighted by atomic mass is 9.92. The van der Waals surface area contributed by atoms with Crippen LogP contribution in [-0.4, -0.2) is 17.1 Å². The standard InChI is InChI=1S/C14H19ClN2O3/c15-11-5-6-12(17(18)19)13(9-11)20-10-14(16)7-3-1-2-4-8-14/h5-6,9H,1-4,7-8,10,16H2. The van der Waals surface area contributed by atoms with E-state index in [0.717, 1.165) is 25.7 Å². The summed E-state index contributed by atoms with van der Waals surface area (Å²) in [5, 5.41) is 11.4. The molecule has 1 aliphatic rings. The van der Waals surface area contributed by atoms with E-state index in [-0.39, 0.29) is 18.0 Å². The molecule has 110 valence electrons. The van der Waals surface area contributed by atoms with Gasteiger partial charge in [-0.2, -0.15) is 0 Å². The number of halogens is 1. The summed E-state index contributed by atoms with van der Waals surface area (Å²) in [5.41, 5.74) is 5.87. The molecule has 0 atom stereocenters. The highest BCUT2D eigenvalue weighted by Crippen LogP contribution is 2.32. The van der Waals surface area contributed by atoms with E-state index in [0.29, 0.717) is 5.02 Å². The molecule has 1 aromatic rings. The lowest BCUT2D eigenvalue weighted by molar-refractivity contribution is -0.385. The Morgan fingerprint density at radius 2 is 1.95 bits per heavy atom. The molecular formula is C14H19ClN2O3. The molecule has 0 saturated heterocycles. The zero-order chi connectivity index (χ0) is 14.6. The monoisotopic (exact) mass is 298 g/mol. The Morgan fingerprint density at radius 3 is 2.55 bits per heavy atom. The van der Waals surface area contributed by atoms with Gasteiger partial charge in [-0.25, -0.2) is 0 Å². The predicted octanol–water partition coefficient (Wildman–Crippen LogP) is 3.68. The molecule has 0 heterocycles. The Morgan fingerprint density at radius 1 is 1.30 bits per heavy atom. The van der Waals surface area contributed by atoms with Gasteiger partial charge < -0.3 is 10.5 Å². The summed E-state index contributed by atoms with van der Waals surface area (Å²) in [6.45, 7) is 0.286. The Kier molecular flexibility index (Phi) is 4.83. The van der Waals surface area contributed by atoms with Crippen LogP contribution in [0.3, 0.4) is 0 Å². The quantitative estimate of drug-likeness (QED) is 0.522. The highest BCUT2D eigenvalue weighted by atomic mass is 35.5. The van der Waals surface area contributed by atoms with Gasteiger partial charge in [0.05, 0.1) is 10.5 Å². The van der Waals surface area contributed by atoms with E-state index in [2.05, 4.69) is 0 Å². The summed E-state index contributed by atoms with van der Waals surface area (Å²) in [6.07, 6.45) is 6.32. The van der Waals surface area contributed by atoms with E-state index in [9.17, 15) is 10.1 Å². The summed E-state index contributed by atoms with van der Waals surface area (Å²) in [7, 11) is 0. The van der Waals surface area contributed by atoms with Gasteiger partial charge in [0.15, 0.2) is 5.75 Å². The summed E-state index contributed by atoms with van der Waals surface area (Å²) in [6, 6.07) is 4.31. The molecule has 6 heteroatoms. The number of hydrogen-bond donors (Lipinski definition) is 1. The second kappa shape index (κ2) is 6.41. The SMILES string of the molecule is NC1(COc2cc(Cl)ccc2[N+](=O)[O-])CCCCCC1. The van der Waals surface area contributed by atoms with E-state index < -0.39 is 10.5 Å². The first kappa shape index (κ1) is 15.1. The molecule has 0 spiro atoms. The summed E-state index contributed by atoms with van der Waals surface area (Å²) in [5.74, 6) is 0.191. The minimum absolute atomic E-state index is 0.0772. The van der Waals surface area contributed by atoms with Gasteiger partial charge in [0.1, 0.15) is 6.61 Å². The van der Waals surface area contributed by atoms with Crippen LogP contribution in [0.1, 0.15) is 38.5 Å². The van der Waals surface area contributed by atoms with Crippen molar-refractivity contribution < 1.29 is 9.66 Å². The third-order valence-corrected chi connectivity index (χ3v) is 3.97. The molecule has 5 nitrogen and oxygen atoms in total. The van der Waals surface area contributed by atoms with Gasteiger partial charge in [-0.1, -0.05) is 37.3 Å². The molecule has 0 unspecified atom stereocenters. The minimum atomic E-state index is -0.470. The maximum atomic E-state index is 11.0. The summed E-state index contributed by atoms with van der Waals surface area (Å²) in [4.78, 5) is 10.5. The van der Waals surface area contributed by atoms with E-state index >= 15 is 0 Å². The zero-order valence-electron chi connectivity index (χ0n) is 11.3. The maximum Gasteiger partial charge on any atom is 0.311 e. The van der Waals surface area contributed by atoms with Crippen LogP contribution < -0.4 is 10.5 Å². The second-order valence-electron chi connectivity index (χ2n) is 5.43. The van der Waals surface area contributed by atoms with Gasteiger partial charge in [0, 0.05) is 17.2 Å². The third kappa shape index (κ3) is 3.84. The summed E-state index contributed by atoms with van der Waals surface area (Å²) < 4.78 is 5.63. The van der Waals surface area contributed by atoms with Gasteiger partial charge >= 0.3 is 5.69 Å². The molecule has 0 bridgehead atoms. The van der Waals surface area contributed by atoms with E-state index in [1.165, 1.54) is 31.0 Å². The van der Waals surface area contributed by atoms with Crippen LogP contribution in [0.25, 0.3) is 0 Å². The first-order valence-corrected chi connectivity index (χ1v) is 7.24. The number of nitro groups is 1. The van der Waals surface area contributed by atoms with E-state index in [1.54, 1.807) is 0 Å². The fraction of sp³-hybridized carbons (Fsp3) is 0.571. The molecule has 2 N–H and O–H groups in total. The minimum Gasteiger partial charge on any atom is -0.485 e. The average molecular weight is 299 g/mol. The van der Waals surface area contributed by atoms with Crippen molar-refractivity contribution in [3.05, 3.63) is 33.3 Å². The van der Waals surface area contributed by atoms with Crippen LogP contribution in [0.5, 0.6) is 5.75 Å². The molecule has 1 fully saturated rings. The molecule has 1 aliphatic carbocycles. The maximum absolute atomic E-state index is 11.0. The van der Waals surface area contributed by atoms with Crippen molar-refractivity contribution in [2.75, 3.05) is 6.61 Å². The van der Waals surface area contributed by atoms with Crippen molar-refractivity contribution in [3.8, 4) is 5.75 Å². The molecule has 1 aromatic carbocycles. The fourth-order valence-corrected chi connectivity index (χ4v) is 2.71. The number of hydrogen-bond acceptors (Lipinski definition) is 4. The average Bonchev–Trinajstić information content (AvgIpc) is 2.62. The Hall–Kier alpha value is -1.33. The number of benzene rings is 1. The van der Waals surface area contributed by atoms with Crippen molar-refractivity contribution in [1.82, 2.24) is 0 Å². The topological polar surface area (TPSA) is 78.4 Å². The molecule has 1 saturated carbocycles. The number of nitrogens with two attached hydrogens (primary N) is 1. The highest BCUT2D eigenvalue weighted by Gasteiger charge is 2.28. The number of rotatable bonds is 4. The molecular weight excluding hydrogens is 280 g/mol. The fourth-order valence-electron chi connectivity index (χ4n) is 2.55. The van der Waals surface area contributed by atoms with Crippen LogP contribution in [0.4, 0.5) is 5.69 Å². The molecule has 0 amide bonds. The van der Waals surface area contributed by atoms with E-state index in [4.69, 9.17) is 22.1 Å². The van der Waals surface area contributed by atoms with Gasteiger partial charge in [-0.15, -0.1) is 0 Å². The Balaban J connectivity index is 2.09. The van der Waals surface area contributed by atoms with Crippen LogP contribution in [-0.2, 0) is 0 Å². The normalized spacial score (nSPS) is 18.3. The smallest absolute Gasteiger partial charge is 0.311 e. The van der Waals surface area contributed by atoms with Crippen LogP contribution in [0.2, 0.25) is 5.02 Å². The predicted molar refractivity (Wildman–Crippen MR) is 78.2 cm³/mol. The largest absolute Gasteiger partial charge is 0.485 e. The first-order chi connectivity index (χ1) is 9.50. The number of ether oxygens (including phenoxy) is 1. The van der Waals surface area contributed by atoms with Crippen molar-refractivity contribution in [2.45, 2.75) is 44.1 Å². The number of nitro benzene ring substituents is 1. The third-order valence-electron chi connectivity index (χ3n) is 3.73. The molecule has 2 rings (SSSR count). The van der Waals surface area contributed by atoms with Crippen molar-refractivity contribution >= 4 is 17.3 Å². The van der Waals surface area contributed by atoms with Crippen LogP contribution in [0.15, 0.2) is 18.2 Å². The molecule has 0 aromatic heterocycles. The molecule has 0 aliphatic heterocycles. The van der Waals surface area contributed by atoms with Crippen molar-refractivity contribution in [3.63, 3.8) is 0 Å². The second-order valence-corrected chi connectivity index (χ2v) is 5.87. The van der Waals surface area contributed by atoms with Crippen LogP contribution >= 0.6 is 11.6 Å². The van der Waals surface area contributed by atoms with Crippen LogP contribution in [0, 0.1) is 10.1 Å². The lowest BCUT2D eigenvalue weighted by Crippen LogP contribution is -2.45. The first-order valence-electron chi connectivity index (χ1n) is 6.86. The van der Waals surface area contributed by atoms with Crippen molar-refractivity contribution in [1.29, 1.82) is 0 Å². The lowest BCUT2D eigenvalue weighted by Gasteiger charge is -2.27. The highest BCUT2D eigenvalue weighted by molar-refractivity contribution is 6.30. The van der Waals surface area contributed by atoms with Gasteiger partial charge in [-0.3, -0.25) is 10.1 Å². The molecule has 0 radical (unpaired) electrons. The summed E-state index contributed by atoms with van der Waals surface area (Å²) >= 11 is 5.87. The Labute approximate surface area is 123 Å². The molecule has 20 heavy (non-hydrogen) atoms.